The Morgan fingerprint density at radius 2 is 1.74 bits per heavy atom. The lowest BCUT2D eigenvalue weighted by Gasteiger charge is -2.32. The largest absolute Gasteiger partial charge is 0.360 e. The molecule has 1 fully saturated rings. The molecule has 6 heteroatoms. The second kappa shape index (κ2) is 9.45. The van der Waals surface area contributed by atoms with E-state index in [1.54, 1.807) is 0 Å². The smallest absolute Gasteiger partial charge is 0.279 e. The molecule has 1 aliphatic heterocycles. The van der Waals surface area contributed by atoms with Crippen LogP contribution in [0.5, 0.6) is 0 Å². The fourth-order valence-corrected chi connectivity index (χ4v) is 4.60. The quantitative estimate of drug-likeness (QED) is 0.426. The molecule has 1 aliphatic rings. The molecule has 1 aromatic heterocycles. The molecular weight excluding hydrogens is 388 g/mol. The number of H-pyrrole nitrogens is 1. The third kappa shape index (κ3) is 4.70. The summed E-state index contributed by atoms with van der Waals surface area (Å²) in [6, 6.07) is 15.8. The number of rotatable bonds is 7. The van der Waals surface area contributed by atoms with Crippen LogP contribution >= 0.6 is 0 Å². The Hall–Kier alpha value is -2.96. The Morgan fingerprint density at radius 3 is 2.52 bits per heavy atom. The van der Waals surface area contributed by atoms with Crippen molar-refractivity contribution in [2.24, 2.45) is 0 Å². The summed E-state index contributed by atoms with van der Waals surface area (Å²) in [5.41, 5.74) is 3.85. The Bertz CT molecular complexity index is 1070. The summed E-state index contributed by atoms with van der Waals surface area (Å²) in [5, 5.41) is 4.06. The van der Waals surface area contributed by atoms with Gasteiger partial charge >= 0.3 is 0 Å². The first-order valence-corrected chi connectivity index (χ1v) is 11.2. The van der Waals surface area contributed by atoms with Crippen molar-refractivity contribution in [1.82, 2.24) is 4.98 Å². The van der Waals surface area contributed by atoms with Crippen molar-refractivity contribution in [1.29, 1.82) is 0 Å². The Morgan fingerprint density at radius 1 is 1.03 bits per heavy atom. The predicted molar refractivity (Wildman–Crippen MR) is 123 cm³/mol. The standard InChI is InChI=1S/C25H30N4O2/c1-3-19-8-4-6-10-22(19)27-24(30)17-28-12-14-29(15-13-28)18(2)25(31)21-16-26-23-11-7-5-9-20(21)23/h4-11,16,18,26H,3,12-15,17H2,1-2H3,(H,27,30)/p+2/t18-/m1/s1. The highest BCUT2D eigenvalue weighted by Gasteiger charge is 2.33. The van der Waals surface area contributed by atoms with Crippen molar-refractivity contribution >= 4 is 28.3 Å². The number of Topliss-reactive ketones (excluding diaryl/α,β-unsaturated/α-hetero) is 1. The molecule has 6 nitrogen and oxygen atoms in total. The van der Waals surface area contributed by atoms with E-state index in [0.29, 0.717) is 6.54 Å². The van der Waals surface area contributed by atoms with E-state index in [4.69, 9.17) is 0 Å². The number of para-hydroxylation sites is 2. The van der Waals surface area contributed by atoms with Crippen LogP contribution in [0.1, 0.15) is 29.8 Å². The van der Waals surface area contributed by atoms with Crippen molar-refractivity contribution in [3.8, 4) is 0 Å². The van der Waals surface area contributed by atoms with E-state index in [1.807, 2.05) is 55.6 Å². The number of nitrogens with one attached hydrogen (secondary N) is 4. The van der Waals surface area contributed by atoms with Crippen LogP contribution in [0.4, 0.5) is 5.69 Å². The van der Waals surface area contributed by atoms with Gasteiger partial charge in [0.15, 0.2) is 6.54 Å². The summed E-state index contributed by atoms with van der Waals surface area (Å²) in [6.45, 7) is 8.16. The summed E-state index contributed by atoms with van der Waals surface area (Å²) in [6.07, 6.45) is 2.73. The van der Waals surface area contributed by atoms with Gasteiger partial charge < -0.3 is 20.1 Å². The molecule has 0 bridgehead atoms. The maximum absolute atomic E-state index is 13.1. The zero-order valence-corrected chi connectivity index (χ0v) is 18.3. The number of hydrogen-bond acceptors (Lipinski definition) is 2. The Balaban J connectivity index is 1.31. The van der Waals surface area contributed by atoms with E-state index >= 15 is 0 Å². The number of benzene rings is 2. The molecule has 3 aromatic rings. The van der Waals surface area contributed by atoms with Gasteiger partial charge in [0.05, 0.1) is 0 Å². The average molecular weight is 421 g/mol. The minimum absolute atomic E-state index is 0.0577. The average Bonchev–Trinajstić information content (AvgIpc) is 3.23. The normalized spacial score (nSPS) is 19.8. The second-order valence-electron chi connectivity index (χ2n) is 8.48. The molecule has 0 radical (unpaired) electrons. The summed E-state index contributed by atoms with van der Waals surface area (Å²) in [7, 11) is 0. The lowest BCUT2D eigenvalue weighted by molar-refractivity contribution is -1.01. The van der Waals surface area contributed by atoms with E-state index in [-0.39, 0.29) is 17.7 Å². The number of fused-ring (bicyclic) bond motifs is 1. The number of piperazine rings is 1. The van der Waals surface area contributed by atoms with Crippen molar-refractivity contribution in [3.05, 3.63) is 65.9 Å². The number of amides is 1. The maximum Gasteiger partial charge on any atom is 0.279 e. The molecule has 0 saturated carbocycles. The topological polar surface area (TPSA) is 70.8 Å². The first kappa shape index (κ1) is 21.3. The third-order valence-electron chi connectivity index (χ3n) is 6.54. The number of hydrogen-bond donors (Lipinski definition) is 4. The lowest BCUT2D eigenvalue weighted by Crippen LogP contribution is -3.30. The van der Waals surface area contributed by atoms with Gasteiger partial charge in [0.25, 0.3) is 5.91 Å². The van der Waals surface area contributed by atoms with E-state index in [2.05, 4.69) is 23.3 Å². The molecule has 0 unspecified atom stereocenters. The van der Waals surface area contributed by atoms with Crippen molar-refractivity contribution in [2.45, 2.75) is 26.3 Å². The van der Waals surface area contributed by atoms with E-state index in [1.165, 1.54) is 9.80 Å². The van der Waals surface area contributed by atoms with Gasteiger partial charge in [0.2, 0.25) is 5.78 Å². The molecule has 4 N–H and O–H groups in total. The molecule has 31 heavy (non-hydrogen) atoms. The number of aromatic amines is 1. The number of ketones is 1. The fraction of sp³-hybridized carbons (Fsp3) is 0.360. The van der Waals surface area contributed by atoms with Crippen LogP contribution in [0.2, 0.25) is 0 Å². The highest BCUT2D eigenvalue weighted by molar-refractivity contribution is 6.09. The van der Waals surface area contributed by atoms with Crippen LogP contribution in [0.15, 0.2) is 54.7 Å². The first-order chi connectivity index (χ1) is 15.1. The highest BCUT2D eigenvalue weighted by Crippen LogP contribution is 2.18. The summed E-state index contributed by atoms with van der Waals surface area (Å²) in [5.74, 6) is 0.243. The van der Waals surface area contributed by atoms with Crippen LogP contribution in [-0.2, 0) is 11.2 Å². The molecule has 1 atom stereocenters. The molecule has 2 aromatic carbocycles. The molecular formula is C25H32N4O2+2. The molecule has 1 amide bonds. The number of aryl methyl sites for hydroxylation is 1. The van der Waals surface area contributed by atoms with Gasteiger partial charge in [-0.05, 0) is 31.0 Å². The first-order valence-electron chi connectivity index (χ1n) is 11.2. The van der Waals surface area contributed by atoms with Gasteiger partial charge in [-0.25, -0.2) is 0 Å². The molecule has 0 spiro atoms. The predicted octanol–water partition coefficient (Wildman–Crippen LogP) is 0.724. The monoisotopic (exact) mass is 420 g/mol. The zero-order chi connectivity index (χ0) is 21.8. The zero-order valence-electron chi connectivity index (χ0n) is 18.3. The minimum atomic E-state index is -0.0917. The molecule has 0 aliphatic carbocycles. The highest BCUT2D eigenvalue weighted by atomic mass is 16.2. The Labute approximate surface area is 183 Å². The van der Waals surface area contributed by atoms with Gasteiger partial charge in [0, 0.05) is 28.4 Å². The summed E-state index contributed by atoms with van der Waals surface area (Å²) in [4.78, 5) is 31.5. The van der Waals surface area contributed by atoms with E-state index < -0.39 is 0 Å². The van der Waals surface area contributed by atoms with E-state index in [0.717, 1.165) is 60.3 Å². The van der Waals surface area contributed by atoms with Gasteiger partial charge in [-0.15, -0.1) is 0 Å². The SMILES string of the molecule is CCc1ccccc1NC(=O)C[NH+]1CC[NH+]([C@H](C)C(=O)c2c[nH]c3ccccc23)CC1. The lowest BCUT2D eigenvalue weighted by atomic mass is 10.0. The number of aromatic nitrogens is 1. The molecule has 1 saturated heterocycles. The van der Waals surface area contributed by atoms with Crippen LogP contribution < -0.4 is 15.1 Å². The minimum Gasteiger partial charge on any atom is -0.360 e. The van der Waals surface area contributed by atoms with Crippen LogP contribution in [0.25, 0.3) is 10.9 Å². The van der Waals surface area contributed by atoms with Gasteiger partial charge in [0.1, 0.15) is 32.2 Å². The third-order valence-corrected chi connectivity index (χ3v) is 6.54. The van der Waals surface area contributed by atoms with Crippen molar-refractivity contribution in [2.75, 3.05) is 38.0 Å². The van der Waals surface area contributed by atoms with Crippen LogP contribution in [0.3, 0.4) is 0 Å². The van der Waals surface area contributed by atoms with Gasteiger partial charge in [-0.2, -0.15) is 0 Å². The number of carbonyl (C=O) groups is 2. The van der Waals surface area contributed by atoms with Crippen LogP contribution in [-0.4, -0.2) is 55.4 Å². The van der Waals surface area contributed by atoms with Crippen molar-refractivity contribution < 1.29 is 19.4 Å². The molecule has 162 valence electrons. The van der Waals surface area contributed by atoms with E-state index in [9.17, 15) is 9.59 Å². The van der Waals surface area contributed by atoms with Crippen LogP contribution in [0, 0.1) is 0 Å². The summed E-state index contributed by atoms with van der Waals surface area (Å²) < 4.78 is 0. The van der Waals surface area contributed by atoms with Gasteiger partial charge in [-0.3, -0.25) is 9.59 Å². The molecule has 2 heterocycles. The van der Waals surface area contributed by atoms with Gasteiger partial charge in [-0.1, -0.05) is 43.3 Å². The summed E-state index contributed by atoms with van der Waals surface area (Å²) >= 11 is 0. The number of anilines is 1. The number of quaternary nitrogens is 2. The number of carbonyl (C=O) groups excluding carboxylic acids is 2. The van der Waals surface area contributed by atoms with Crippen molar-refractivity contribution in [3.63, 3.8) is 0 Å². The fourth-order valence-electron chi connectivity index (χ4n) is 4.60. The maximum atomic E-state index is 13.1. The second-order valence-corrected chi connectivity index (χ2v) is 8.48. The molecule has 4 rings (SSSR count). The Kier molecular flexibility index (Phi) is 6.49.